The number of hydrogen-bond donors (Lipinski definition) is 2. The number of carbonyl (C=O) groups excluding carboxylic acids is 2. The van der Waals surface area contributed by atoms with Crippen molar-refractivity contribution in [3.8, 4) is 0 Å². The van der Waals surface area contributed by atoms with Crippen molar-refractivity contribution in [1.29, 1.82) is 0 Å². The zero-order valence-corrected chi connectivity index (χ0v) is 30.2. The molecule has 3 unspecified atom stereocenters. The molecule has 0 spiro atoms. The summed E-state index contributed by atoms with van der Waals surface area (Å²) in [5.74, 6) is -1.42. The molecule has 3 N–H and O–H groups in total. The normalized spacial score (nSPS) is 14.3. The van der Waals surface area contributed by atoms with E-state index >= 15 is 0 Å². The summed E-state index contributed by atoms with van der Waals surface area (Å²) < 4.78 is 11.9. The van der Waals surface area contributed by atoms with Gasteiger partial charge in [-0.05, 0) is 64.2 Å². The standard InChI is InChI=1S/C38H70NO5P/c1-3-5-7-9-11-13-15-17-19-21-23-25-27-29-31-33-35(40)37(39)38(42,45(43)44)36(41)34-32-30-28-26-24-22-20-18-16-14-12-10-8-6-4-2/h17-20,37,42H,3-16,21-34,39H2,1-2H3/b19-17+,20-18+. The lowest BCUT2D eigenvalue weighted by Crippen LogP contribution is -2.56. The fraction of sp³-hybridized carbons (Fsp3) is 0.842. The van der Waals surface area contributed by atoms with E-state index in [4.69, 9.17) is 5.73 Å². The Morgan fingerprint density at radius 2 is 0.911 bits per heavy atom. The highest BCUT2D eigenvalue weighted by molar-refractivity contribution is 7.39. The van der Waals surface area contributed by atoms with Gasteiger partial charge in [0.05, 0.1) is 0 Å². The molecule has 0 saturated heterocycles. The molecule has 3 atom stereocenters. The van der Waals surface area contributed by atoms with Crippen LogP contribution in [0.2, 0.25) is 0 Å². The highest BCUT2D eigenvalue weighted by Gasteiger charge is 2.56. The van der Waals surface area contributed by atoms with Gasteiger partial charge in [-0.1, -0.05) is 145 Å². The monoisotopic (exact) mass is 651 g/mol. The van der Waals surface area contributed by atoms with Crippen molar-refractivity contribution in [3.05, 3.63) is 24.3 Å². The summed E-state index contributed by atoms with van der Waals surface area (Å²) in [6, 6.07) is -1.73. The Morgan fingerprint density at radius 3 is 1.27 bits per heavy atom. The molecule has 0 aromatic carbocycles. The van der Waals surface area contributed by atoms with Gasteiger partial charge in [-0.3, -0.25) is 9.59 Å². The van der Waals surface area contributed by atoms with Gasteiger partial charge in [0.2, 0.25) is 5.78 Å². The van der Waals surface area contributed by atoms with Crippen molar-refractivity contribution in [3.63, 3.8) is 0 Å². The number of carbonyl (C=O) groups is 2. The fourth-order valence-corrected chi connectivity index (χ4v) is 6.37. The predicted octanol–water partition coefficient (Wildman–Crippen LogP) is 10.3. The van der Waals surface area contributed by atoms with Crippen molar-refractivity contribution >= 4 is 19.6 Å². The summed E-state index contributed by atoms with van der Waals surface area (Å²) in [4.78, 5) is 37.2. The van der Waals surface area contributed by atoms with Crippen molar-refractivity contribution < 1.29 is 24.2 Å². The summed E-state index contributed by atoms with van der Waals surface area (Å²) in [5, 5.41) is 7.92. The molecule has 0 fully saturated rings. The second kappa shape index (κ2) is 31.4. The molecule has 0 aromatic heterocycles. The summed E-state index contributed by atoms with van der Waals surface area (Å²) in [7, 11) is -3.59. The fourth-order valence-electron chi connectivity index (χ4n) is 5.68. The zero-order valence-electron chi connectivity index (χ0n) is 29.3. The minimum atomic E-state index is -3.59. The average Bonchev–Trinajstić information content (AvgIpc) is 3.03. The SMILES string of the molecule is CCCCCCCC/C=C/CCCCCCCC(=O)C(N)C(O)(C(=O)CCCCCCC/C=C/CCCCCCCC)[P+](=O)[O-]. The minimum Gasteiger partial charge on any atom is -0.593 e. The first-order valence-electron chi connectivity index (χ1n) is 18.8. The summed E-state index contributed by atoms with van der Waals surface area (Å²) in [6.07, 6.45) is 38.3. The molecule has 45 heavy (non-hydrogen) atoms. The molecule has 262 valence electrons. The van der Waals surface area contributed by atoms with Crippen LogP contribution in [-0.2, 0) is 14.2 Å². The van der Waals surface area contributed by atoms with E-state index in [1.54, 1.807) is 0 Å². The molecule has 0 aliphatic heterocycles. The van der Waals surface area contributed by atoms with E-state index in [-0.39, 0.29) is 12.8 Å². The first kappa shape index (κ1) is 43.8. The third kappa shape index (κ3) is 23.7. The van der Waals surface area contributed by atoms with Crippen LogP contribution in [0.25, 0.3) is 0 Å². The van der Waals surface area contributed by atoms with Gasteiger partial charge in [0.15, 0.2) is 5.78 Å². The van der Waals surface area contributed by atoms with E-state index in [0.717, 1.165) is 77.0 Å². The molecule has 0 bridgehead atoms. The van der Waals surface area contributed by atoms with Crippen molar-refractivity contribution in [1.82, 2.24) is 0 Å². The van der Waals surface area contributed by atoms with Crippen molar-refractivity contribution in [2.24, 2.45) is 5.73 Å². The van der Waals surface area contributed by atoms with Crippen LogP contribution < -0.4 is 10.6 Å². The minimum absolute atomic E-state index is 0.0749. The van der Waals surface area contributed by atoms with Crippen LogP contribution in [0.5, 0.6) is 0 Å². The van der Waals surface area contributed by atoms with Crippen molar-refractivity contribution in [2.75, 3.05) is 0 Å². The molecule has 0 amide bonds. The highest BCUT2D eigenvalue weighted by atomic mass is 31.1. The molecule has 0 rings (SSSR count). The first-order valence-corrected chi connectivity index (χ1v) is 20.0. The highest BCUT2D eigenvalue weighted by Crippen LogP contribution is 2.35. The van der Waals surface area contributed by atoms with Crippen LogP contribution in [-0.4, -0.2) is 28.1 Å². The maximum atomic E-state index is 12.7. The van der Waals surface area contributed by atoms with Gasteiger partial charge in [0, 0.05) is 12.8 Å². The lowest BCUT2D eigenvalue weighted by atomic mass is 9.95. The van der Waals surface area contributed by atoms with E-state index in [2.05, 4.69) is 38.2 Å². The van der Waals surface area contributed by atoms with E-state index in [1.165, 1.54) is 77.0 Å². The smallest absolute Gasteiger partial charge is 0.355 e. The Kier molecular flexibility index (Phi) is 30.6. The molecular weight excluding hydrogens is 581 g/mol. The molecular formula is C38H70NO5P. The van der Waals surface area contributed by atoms with E-state index in [1.807, 2.05) is 0 Å². The van der Waals surface area contributed by atoms with E-state index in [9.17, 15) is 24.2 Å². The van der Waals surface area contributed by atoms with Crippen molar-refractivity contribution in [2.45, 2.75) is 205 Å². The average molecular weight is 652 g/mol. The number of hydrogen-bond acceptors (Lipinski definition) is 6. The number of aliphatic hydroxyl groups is 1. The summed E-state index contributed by atoms with van der Waals surface area (Å²) in [6.45, 7) is 4.48. The molecule has 0 aliphatic carbocycles. The van der Waals surface area contributed by atoms with Gasteiger partial charge < -0.3 is 15.7 Å². The van der Waals surface area contributed by atoms with Crippen LogP contribution >= 0.6 is 8.03 Å². The van der Waals surface area contributed by atoms with Crippen LogP contribution in [0.15, 0.2) is 24.3 Å². The third-order valence-electron chi connectivity index (χ3n) is 8.82. The Hall–Kier alpha value is -1.20. The molecule has 7 heteroatoms. The van der Waals surface area contributed by atoms with Crippen LogP contribution in [0, 0.1) is 0 Å². The van der Waals surface area contributed by atoms with Gasteiger partial charge in [-0.25, -0.2) is 0 Å². The van der Waals surface area contributed by atoms with Gasteiger partial charge in [-0.15, -0.1) is 0 Å². The number of ketones is 2. The number of unbranched alkanes of at least 4 members (excludes halogenated alkanes) is 22. The molecule has 0 aromatic rings. The zero-order chi connectivity index (χ0) is 33.4. The Labute approximate surface area is 278 Å². The number of allylic oxidation sites excluding steroid dienone is 4. The van der Waals surface area contributed by atoms with Crippen LogP contribution in [0.3, 0.4) is 0 Å². The number of Topliss-reactive ketones (excluding diaryl/α,β-unsaturated/α-hetero) is 2. The first-order chi connectivity index (χ1) is 21.8. The maximum Gasteiger partial charge on any atom is 0.355 e. The van der Waals surface area contributed by atoms with E-state index in [0.29, 0.717) is 12.8 Å². The quantitative estimate of drug-likeness (QED) is 0.0406. The van der Waals surface area contributed by atoms with Crippen LogP contribution in [0.4, 0.5) is 0 Å². The second-order valence-electron chi connectivity index (χ2n) is 13.0. The molecule has 0 saturated carbocycles. The Morgan fingerprint density at radius 1 is 0.600 bits per heavy atom. The second-order valence-corrected chi connectivity index (χ2v) is 14.2. The van der Waals surface area contributed by atoms with E-state index < -0.39 is 31.0 Å². The summed E-state index contributed by atoms with van der Waals surface area (Å²) >= 11 is 0. The predicted molar refractivity (Wildman–Crippen MR) is 189 cm³/mol. The topological polar surface area (TPSA) is 121 Å². The third-order valence-corrected chi connectivity index (χ3v) is 9.90. The molecule has 0 heterocycles. The largest absolute Gasteiger partial charge is 0.593 e. The maximum absolute atomic E-state index is 12.7. The Bertz CT molecular complexity index is 799. The summed E-state index contributed by atoms with van der Waals surface area (Å²) in [5.41, 5.74) is 5.90. The lowest BCUT2D eigenvalue weighted by Gasteiger charge is -2.23. The molecule has 0 radical (unpaired) electrons. The Balaban J connectivity index is 4.03. The lowest BCUT2D eigenvalue weighted by molar-refractivity contribution is -0.183. The molecule has 6 nitrogen and oxygen atoms in total. The van der Waals surface area contributed by atoms with Gasteiger partial charge >= 0.3 is 13.4 Å². The number of rotatable bonds is 34. The van der Waals surface area contributed by atoms with Gasteiger partial charge in [-0.2, -0.15) is 0 Å². The number of nitrogens with two attached hydrogens (primary N) is 1. The van der Waals surface area contributed by atoms with Gasteiger partial charge in [0.1, 0.15) is 6.04 Å². The van der Waals surface area contributed by atoms with Crippen LogP contribution in [0.1, 0.15) is 194 Å². The van der Waals surface area contributed by atoms with Gasteiger partial charge in [0.25, 0.3) is 0 Å². The molecule has 0 aliphatic rings.